The van der Waals surface area contributed by atoms with E-state index in [1.54, 1.807) is 54.6 Å². The maximum absolute atomic E-state index is 12.0. The highest BCUT2D eigenvalue weighted by Crippen LogP contribution is 2.31. The molecule has 1 atom stereocenters. The van der Waals surface area contributed by atoms with Gasteiger partial charge in [0.25, 0.3) is 0 Å². The third-order valence-corrected chi connectivity index (χ3v) is 3.58. The summed E-state index contributed by atoms with van der Waals surface area (Å²) in [6, 6.07) is 17.2. The molecule has 0 aromatic heterocycles. The highest BCUT2D eigenvalue weighted by molar-refractivity contribution is 5.88. The fraction of sp³-hybridized carbons (Fsp3) is 0.118. The van der Waals surface area contributed by atoms with Crippen molar-refractivity contribution in [2.45, 2.75) is 12.0 Å². The van der Waals surface area contributed by atoms with Crippen LogP contribution >= 0.6 is 0 Å². The molecule has 0 aliphatic heterocycles. The van der Waals surface area contributed by atoms with Crippen LogP contribution in [0.1, 0.15) is 11.1 Å². The van der Waals surface area contributed by atoms with Crippen LogP contribution in [-0.4, -0.2) is 28.8 Å². The molecule has 0 spiro atoms. The quantitative estimate of drug-likeness (QED) is 0.791. The zero-order chi connectivity index (χ0) is 16.0. The normalized spacial score (nSPS) is 12.9. The standard InChI is InChI=1S/C17H15NO4/c19-12-18(13-20)17(16(21)22,15-9-5-2-6-10-15)11-14-7-3-1-4-8-14/h1-10,12-13H,11H2,(H,21,22). The van der Waals surface area contributed by atoms with E-state index in [0.29, 0.717) is 16.0 Å². The maximum Gasteiger partial charge on any atom is 0.335 e. The predicted octanol–water partition coefficient (Wildman–Crippen LogP) is 1.82. The van der Waals surface area contributed by atoms with Gasteiger partial charge in [-0.2, -0.15) is 0 Å². The van der Waals surface area contributed by atoms with E-state index in [1.165, 1.54) is 0 Å². The molecule has 0 fully saturated rings. The van der Waals surface area contributed by atoms with Gasteiger partial charge in [0.15, 0.2) is 5.54 Å². The molecule has 0 aliphatic rings. The molecule has 2 aromatic rings. The molecular formula is C17H15NO4. The van der Waals surface area contributed by atoms with Crippen molar-refractivity contribution in [3.63, 3.8) is 0 Å². The summed E-state index contributed by atoms with van der Waals surface area (Å²) in [5.74, 6) is -1.26. The van der Waals surface area contributed by atoms with Gasteiger partial charge < -0.3 is 5.11 Å². The first-order valence-electron chi connectivity index (χ1n) is 6.67. The van der Waals surface area contributed by atoms with E-state index in [4.69, 9.17) is 0 Å². The number of carbonyl (C=O) groups excluding carboxylic acids is 2. The van der Waals surface area contributed by atoms with Crippen LogP contribution in [0.3, 0.4) is 0 Å². The second-order valence-electron chi connectivity index (χ2n) is 4.81. The van der Waals surface area contributed by atoms with Crippen molar-refractivity contribution in [2.24, 2.45) is 0 Å². The summed E-state index contributed by atoms with van der Waals surface area (Å²) in [5.41, 5.74) is -0.695. The zero-order valence-electron chi connectivity index (χ0n) is 11.8. The number of rotatable bonds is 7. The number of imide groups is 1. The molecule has 2 rings (SSSR count). The van der Waals surface area contributed by atoms with Gasteiger partial charge in [-0.15, -0.1) is 0 Å². The number of hydrogen-bond acceptors (Lipinski definition) is 3. The summed E-state index contributed by atoms with van der Waals surface area (Å²) >= 11 is 0. The minimum atomic E-state index is -1.77. The number of nitrogens with zero attached hydrogens (tertiary/aromatic N) is 1. The molecule has 2 amide bonds. The van der Waals surface area contributed by atoms with Crippen molar-refractivity contribution in [1.29, 1.82) is 0 Å². The van der Waals surface area contributed by atoms with E-state index in [1.807, 2.05) is 6.07 Å². The third-order valence-electron chi connectivity index (χ3n) is 3.58. The average molecular weight is 297 g/mol. The van der Waals surface area contributed by atoms with E-state index in [9.17, 15) is 19.5 Å². The Morgan fingerprint density at radius 3 is 1.91 bits per heavy atom. The van der Waals surface area contributed by atoms with Crippen LogP contribution in [0.4, 0.5) is 0 Å². The lowest BCUT2D eigenvalue weighted by molar-refractivity contribution is -0.159. The minimum Gasteiger partial charge on any atom is -0.479 e. The Bertz CT molecular complexity index is 649. The van der Waals surface area contributed by atoms with Crippen molar-refractivity contribution in [3.8, 4) is 0 Å². The van der Waals surface area contributed by atoms with E-state index in [-0.39, 0.29) is 19.2 Å². The van der Waals surface area contributed by atoms with Crippen LogP contribution in [0.15, 0.2) is 60.7 Å². The van der Waals surface area contributed by atoms with Crippen LogP contribution in [0.5, 0.6) is 0 Å². The number of amides is 2. The smallest absolute Gasteiger partial charge is 0.335 e. The molecule has 0 radical (unpaired) electrons. The van der Waals surface area contributed by atoms with Gasteiger partial charge in [0.05, 0.1) is 0 Å². The van der Waals surface area contributed by atoms with Gasteiger partial charge in [0.2, 0.25) is 12.8 Å². The highest BCUT2D eigenvalue weighted by Gasteiger charge is 2.46. The third kappa shape index (κ3) is 2.74. The monoisotopic (exact) mass is 297 g/mol. The van der Waals surface area contributed by atoms with Gasteiger partial charge in [-0.3, -0.25) is 14.5 Å². The molecule has 2 aromatic carbocycles. The second-order valence-corrected chi connectivity index (χ2v) is 4.81. The van der Waals surface area contributed by atoms with Gasteiger partial charge in [0, 0.05) is 6.42 Å². The number of carboxylic acids is 1. The molecule has 0 saturated carbocycles. The van der Waals surface area contributed by atoms with Crippen molar-refractivity contribution in [3.05, 3.63) is 71.8 Å². The molecular weight excluding hydrogens is 282 g/mol. The van der Waals surface area contributed by atoms with Gasteiger partial charge >= 0.3 is 5.97 Å². The summed E-state index contributed by atoms with van der Waals surface area (Å²) in [6.45, 7) is 0. The van der Waals surface area contributed by atoms with E-state index in [0.717, 1.165) is 0 Å². The highest BCUT2D eigenvalue weighted by atomic mass is 16.4. The summed E-state index contributed by atoms with van der Waals surface area (Å²) in [5, 5.41) is 9.81. The molecule has 5 nitrogen and oxygen atoms in total. The topological polar surface area (TPSA) is 74.7 Å². The molecule has 1 unspecified atom stereocenters. The lowest BCUT2D eigenvalue weighted by Gasteiger charge is -2.35. The molecule has 1 N–H and O–H groups in total. The van der Waals surface area contributed by atoms with Gasteiger partial charge in [-0.1, -0.05) is 60.7 Å². The first-order chi connectivity index (χ1) is 10.6. The fourth-order valence-corrected chi connectivity index (χ4v) is 2.46. The summed E-state index contributed by atoms with van der Waals surface area (Å²) in [7, 11) is 0. The minimum absolute atomic E-state index is 0.00926. The van der Waals surface area contributed by atoms with Crippen LogP contribution in [0.2, 0.25) is 0 Å². The Morgan fingerprint density at radius 1 is 0.955 bits per heavy atom. The average Bonchev–Trinajstić information content (AvgIpc) is 2.56. The lowest BCUT2D eigenvalue weighted by atomic mass is 9.82. The summed E-state index contributed by atoms with van der Waals surface area (Å²) in [4.78, 5) is 35.3. The van der Waals surface area contributed by atoms with Gasteiger partial charge in [-0.25, -0.2) is 4.79 Å². The van der Waals surface area contributed by atoms with Crippen LogP contribution in [-0.2, 0) is 26.3 Å². The molecule has 5 heteroatoms. The van der Waals surface area contributed by atoms with E-state index in [2.05, 4.69) is 0 Å². The number of carboxylic acid groups (broad SMARTS) is 1. The maximum atomic E-state index is 12.0. The van der Waals surface area contributed by atoms with Crippen LogP contribution < -0.4 is 0 Å². The summed E-state index contributed by atoms with van der Waals surface area (Å²) < 4.78 is 0. The predicted molar refractivity (Wildman–Crippen MR) is 79.9 cm³/mol. The molecule has 0 saturated heterocycles. The second kappa shape index (κ2) is 6.67. The van der Waals surface area contributed by atoms with Crippen molar-refractivity contribution in [1.82, 2.24) is 4.90 Å². The lowest BCUT2D eigenvalue weighted by Crippen LogP contribution is -2.52. The SMILES string of the molecule is O=CN(C=O)C(Cc1ccccc1)(C(=O)O)c1ccccc1. The van der Waals surface area contributed by atoms with Crippen LogP contribution in [0.25, 0.3) is 0 Å². The Morgan fingerprint density at radius 2 is 1.45 bits per heavy atom. The molecule has 112 valence electrons. The van der Waals surface area contributed by atoms with Gasteiger partial charge in [0.1, 0.15) is 0 Å². The Hall–Kier alpha value is -2.95. The number of hydrogen-bond donors (Lipinski definition) is 1. The molecule has 22 heavy (non-hydrogen) atoms. The van der Waals surface area contributed by atoms with E-state index >= 15 is 0 Å². The van der Waals surface area contributed by atoms with Crippen molar-refractivity contribution in [2.75, 3.05) is 0 Å². The first kappa shape index (κ1) is 15.4. The first-order valence-corrected chi connectivity index (χ1v) is 6.67. The number of carbonyl (C=O) groups is 3. The van der Waals surface area contributed by atoms with E-state index < -0.39 is 11.5 Å². The Balaban J connectivity index is 2.62. The van der Waals surface area contributed by atoms with Gasteiger partial charge in [-0.05, 0) is 11.1 Å². The van der Waals surface area contributed by atoms with Crippen molar-refractivity contribution < 1.29 is 19.5 Å². The molecule has 0 bridgehead atoms. The fourth-order valence-electron chi connectivity index (χ4n) is 2.46. The van der Waals surface area contributed by atoms with Crippen molar-refractivity contribution >= 4 is 18.8 Å². The number of benzene rings is 2. The Kier molecular flexibility index (Phi) is 4.68. The molecule has 0 aliphatic carbocycles. The number of aliphatic carboxylic acids is 1. The Labute approximate surface area is 127 Å². The largest absolute Gasteiger partial charge is 0.479 e. The molecule has 0 heterocycles. The summed E-state index contributed by atoms with van der Waals surface area (Å²) in [6.07, 6.45) is 0.485. The zero-order valence-corrected chi connectivity index (χ0v) is 11.8. The van der Waals surface area contributed by atoms with Crippen LogP contribution in [0, 0.1) is 0 Å².